The van der Waals surface area contributed by atoms with Crippen LogP contribution in [0.25, 0.3) is 0 Å². The maximum Gasteiger partial charge on any atom is 0.319 e. The number of benzene rings is 1. The second kappa shape index (κ2) is 5.88. The van der Waals surface area contributed by atoms with Crippen LogP contribution in [0.1, 0.15) is 18.5 Å². The van der Waals surface area contributed by atoms with E-state index in [1.807, 2.05) is 31.2 Å². The van der Waals surface area contributed by atoms with Crippen LogP contribution in [0.4, 0.5) is 0 Å². The summed E-state index contributed by atoms with van der Waals surface area (Å²) in [6.45, 7) is 2.22. The summed E-state index contributed by atoms with van der Waals surface area (Å²) in [5, 5.41) is 3.09. The molecule has 3 nitrogen and oxygen atoms in total. The maximum absolute atomic E-state index is 10.9. The molecule has 0 heterocycles. The summed E-state index contributed by atoms with van der Waals surface area (Å²) in [6, 6.07) is 8.03. The second-order valence-corrected chi connectivity index (χ2v) is 4.05. The van der Waals surface area contributed by atoms with Gasteiger partial charge in [-0.15, -0.1) is 0 Å². The monoisotopic (exact) mass is 271 g/mol. The highest BCUT2D eigenvalue weighted by Crippen LogP contribution is 2.22. The molecule has 4 heteroatoms. The van der Waals surface area contributed by atoms with Gasteiger partial charge < -0.3 is 10.1 Å². The lowest BCUT2D eigenvalue weighted by atomic mass is 10.1. The van der Waals surface area contributed by atoms with Crippen LogP contribution in [0.15, 0.2) is 28.7 Å². The first-order valence-corrected chi connectivity index (χ1v) is 5.49. The number of nitrogens with one attached hydrogen (secondary N) is 1. The molecule has 1 aromatic carbocycles. The second-order valence-electron chi connectivity index (χ2n) is 3.20. The van der Waals surface area contributed by atoms with Crippen molar-refractivity contribution in [1.29, 1.82) is 0 Å². The van der Waals surface area contributed by atoms with Gasteiger partial charge in [0.25, 0.3) is 0 Å². The van der Waals surface area contributed by atoms with Gasteiger partial charge in [0.2, 0.25) is 0 Å². The van der Waals surface area contributed by atoms with Gasteiger partial charge in [-0.25, -0.2) is 0 Å². The van der Waals surface area contributed by atoms with Crippen molar-refractivity contribution in [2.24, 2.45) is 0 Å². The zero-order valence-corrected chi connectivity index (χ0v) is 10.4. The quantitative estimate of drug-likeness (QED) is 0.854. The lowest BCUT2D eigenvalue weighted by molar-refractivity contribution is -0.139. The van der Waals surface area contributed by atoms with Gasteiger partial charge in [-0.3, -0.25) is 4.79 Å². The van der Waals surface area contributed by atoms with Gasteiger partial charge in [0, 0.05) is 10.5 Å². The lowest BCUT2D eigenvalue weighted by Crippen LogP contribution is -2.26. The van der Waals surface area contributed by atoms with Crippen LogP contribution in [0.5, 0.6) is 0 Å². The average Bonchev–Trinajstić information content (AvgIpc) is 2.26. The molecule has 1 rings (SSSR count). The molecule has 82 valence electrons. The fourth-order valence-electron chi connectivity index (χ4n) is 1.24. The summed E-state index contributed by atoms with van der Waals surface area (Å²) in [5.41, 5.74) is 1.13. The smallest absolute Gasteiger partial charge is 0.319 e. The summed E-state index contributed by atoms with van der Waals surface area (Å²) < 4.78 is 5.59. The maximum atomic E-state index is 10.9. The number of halogens is 1. The van der Waals surface area contributed by atoms with Crippen LogP contribution in [-0.4, -0.2) is 19.6 Å². The Hall–Kier alpha value is -0.870. The van der Waals surface area contributed by atoms with Gasteiger partial charge in [-0.1, -0.05) is 34.1 Å². The largest absolute Gasteiger partial charge is 0.468 e. The highest BCUT2D eigenvalue weighted by molar-refractivity contribution is 9.10. The molecule has 0 amide bonds. The summed E-state index contributed by atoms with van der Waals surface area (Å²) in [4.78, 5) is 10.9. The number of carbonyl (C=O) groups excluding carboxylic acids is 1. The summed E-state index contributed by atoms with van der Waals surface area (Å²) in [5.74, 6) is -0.256. The highest BCUT2D eigenvalue weighted by Gasteiger charge is 2.09. The molecule has 1 atom stereocenters. The number of ether oxygens (including phenoxy) is 1. The molecule has 15 heavy (non-hydrogen) atoms. The first-order valence-electron chi connectivity index (χ1n) is 4.69. The molecule has 0 aromatic heterocycles. The molecule has 0 fully saturated rings. The van der Waals surface area contributed by atoms with Crippen molar-refractivity contribution < 1.29 is 9.53 Å². The Labute approximate surface area is 97.9 Å². The zero-order chi connectivity index (χ0) is 11.3. The number of hydrogen-bond donors (Lipinski definition) is 1. The van der Waals surface area contributed by atoms with Crippen molar-refractivity contribution in [2.45, 2.75) is 13.0 Å². The third kappa shape index (κ3) is 3.64. The van der Waals surface area contributed by atoms with Gasteiger partial charge in [0.15, 0.2) is 0 Å². The predicted molar refractivity (Wildman–Crippen MR) is 62.6 cm³/mol. The molecule has 0 radical (unpaired) electrons. The van der Waals surface area contributed by atoms with Crippen molar-refractivity contribution >= 4 is 21.9 Å². The van der Waals surface area contributed by atoms with E-state index in [2.05, 4.69) is 26.0 Å². The van der Waals surface area contributed by atoms with Crippen molar-refractivity contribution in [3.8, 4) is 0 Å². The zero-order valence-electron chi connectivity index (χ0n) is 8.79. The molecular weight excluding hydrogens is 258 g/mol. The number of rotatable bonds is 4. The number of methoxy groups -OCH3 is 1. The van der Waals surface area contributed by atoms with E-state index < -0.39 is 0 Å². The SMILES string of the molecule is COC(=O)CN[C@H](C)c1ccccc1Br. The van der Waals surface area contributed by atoms with E-state index in [1.165, 1.54) is 7.11 Å². The van der Waals surface area contributed by atoms with Gasteiger partial charge in [-0.05, 0) is 18.6 Å². The van der Waals surface area contributed by atoms with Crippen molar-refractivity contribution in [1.82, 2.24) is 5.32 Å². The van der Waals surface area contributed by atoms with Crippen molar-refractivity contribution in [3.63, 3.8) is 0 Å². The minimum atomic E-state index is -0.256. The first-order chi connectivity index (χ1) is 7.15. The Morgan fingerprint density at radius 2 is 2.20 bits per heavy atom. The van der Waals surface area contributed by atoms with Crippen LogP contribution in [-0.2, 0) is 9.53 Å². The third-order valence-electron chi connectivity index (χ3n) is 2.15. The normalized spacial score (nSPS) is 12.2. The minimum Gasteiger partial charge on any atom is -0.468 e. The van der Waals surface area contributed by atoms with E-state index in [1.54, 1.807) is 0 Å². The Balaban J connectivity index is 2.57. The Bertz CT molecular complexity index is 341. The minimum absolute atomic E-state index is 0.111. The van der Waals surface area contributed by atoms with Gasteiger partial charge in [0.05, 0.1) is 13.7 Å². The molecule has 1 aromatic rings. The molecule has 0 unspecified atom stereocenters. The Kier molecular flexibility index (Phi) is 4.78. The standard InChI is InChI=1S/C11H14BrNO2/c1-8(13-7-11(14)15-2)9-5-3-4-6-10(9)12/h3-6,8,13H,7H2,1-2H3/t8-/m1/s1. The molecule has 0 saturated carbocycles. The molecule has 0 spiro atoms. The van der Waals surface area contributed by atoms with Crippen LogP contribution in [0.2, 0.25) is 0 Å². The number of carbonyl (C=O) groups is 1. The summed E-state index contributed by atoms with van der Waals surface area (Å²) in [7, 11) is 1.38. The molecular formula is C11H14BrNO2. The van der Waals surface area contributed by atoms with Crippen LogP contribution >= 0.6 is 15.9 Å². The van der Waals surface area contributed by atoms with Crippen molar-refractivity contribution in [2.75, 3.05) is 13.7 Å². The van der Waals surface area contributed by atoms with Crippen LogP contribution in [0.3, 0.4) is 0 Å². The van der Waals surface area contributed by atoms with E-state index in [0.29, 0.717) is 0 Å². The number of hydrogen-bond acceptors (Lipinski definition) is 3. The fourth-order valence-corrected chi connectivity index (χ4v) is 1.87. The topological polar surface area (TPSA) is 38.3 Å². The lowest BCUT2D eigenvalue weighted by Gasteiger charge is -2.14. The highest BCUT2D eigenvalue weighted by atomic mass is 79.9. The van der Waals surface area contributed by atoms with Crippen LogP contribution in [0, 0.1) is 0 Å². The molecule has 0 aliphatic heterocycles. The molecule has 0 saturated heterocycles. The molecule has 0 bridgehead atoms. The van der Waals surface area contributed by atoms with E-state index in [9.17, 15) is 4.79 Å². The number of esters is 1. The van der Waals surface area contributed by atoms with Gasteiger partial charge in [0.1, 0.15) is 0 Å². The fraction of sp³-hybridized carbons (Fsp3) is 0.364. The average molecular weight is 272 g/mol. The molecule has 0 aliphatic carbocycles. The third-order valence-corrected chi connectivity index (χ3v) is 2.87. The van der Waals surface area contributed by atoms with Crippen molar-refractivity contribution in [3.05, 3.63) is 34.3 Å². The first kappa shape index (κ1) is 12.2. The predicted octanol–water partition coefficient (Wildman–Crippen LogP) is 2.27. The van der Waals surface area contributed by atoms with E-state index >= 15 is 0 Å². The Morgan fingerprint density at radius 3 is 2.80 bits per heavy atom. The van der Waals surface area contributed by atoms with E-state index in [4.69, 9.17) is 0 Å². The summed E-state index contributed by atoms with van der Waals surface area (Å²) >= 11 is 3.46. The summed E-state index contributed by atoms with van der Waals surface area (Å²) in [6.07, 6.45) is 0. The van der Waals surface area contributed by atoms with Gasteiger partial charge >= 0.3 is 5.97 Å². The Morgan fingerprint density at radius 1 is 1.53 bits per heavy atom. The van der Waals surface area contributed by atoms with E-state index in [0.717, 1.165) is 10.0 Å². The van der Waals surface area contributed by atoms with Gasteiger partial charge in [-0.2, -0.15) is 0 Å². The van der Waals surface area contributed by atoms with Crippen LogP contribution < -0.4 is 5.32 Å². The molecule has 1 N–H and O–H groups in total. The molecule has 0 aliphatic rings. The van der Waals surface area contributed by atoms with E-state index in [-0.39, 0.29) is 18.6 Å².